The molecule has 0 radical (unpaired) electrons. The molecule has 0 saturated heterocycles. The van der Waals surface area contributed by atoms with Crippen LogP contribution in [0.4, 0.5) is 0 Å². The number of rotatable bonds is 4. The number of hydrogen-bond acceptors (Lipinski definition) is 4. The lowest BCUT2D eigenvalue weighted by Crippen LogP contribution is -2.21. The van der Waals surface area contributed by atoms with Crippen LogP contribution in [0.1, 0.15) is 17.2 Å². The molecular formula is C10H16N2O2. The molecule has 4 heteroatoms. The second-order valence-corrected chi connectivity index (χ2v) is 3.08. The van der Waals surface area contributed by atoms with Gasteiger partial charge in [0.25, 0.3) is 0 Å². The molecule has 5 N–H and O–H groups in total. The zero-order valence-electron chi connectivity index (χ0n) is 8.23. The lowest BCUT2D eigenvalue weighted by Gasteiger charge is -2.14. The summed E-state index contributed by atoms with van der Waals surface area (Å²) in [5.41, 5.74) is 12.9. The van der Waals surface area contributed by atoms with E-state index in [1.807, 2.05) is 6.07 Å². The fourth-order valence-electron chi connectivity index (χ4n) is 1.30. The Balaban J connectivity index is 3.08. The van der Waals surface area contributed by atoms with Crippen molar-refractivity contribution in [2.45, 2.75) is 12.6 Å². The maximum Gasteiger partial charge on any atom is 0.123 e. The fraction of sp³-hybridized carbons (Fsp3) is 0.400. The quantitative estimate of drug-likeness (QED) is 0.640. The Morgan fingerprint density at radius 2 is 2.21 bits per heavy atom. The van der Waals surface area contributed by atoms with Crippen LogP contribution in [0.25, 0.3) is 0 Å². The topological polar surface area (TPSA) is 81.5 Å². The molecule has 0 aliphatic carbocycles. The third-order valence-corrected chi connectivity index (χ3v) is 2.13. The zero-order valence-corrected chi connectivity index (χ0v) is 8.23. The molecule has 1 rings (SSSR count). The minimum absolute atomic E-state index is 0.00567. The molecule has 0 amide bonds. The molecule has 14 heavy (non-hydrogen) atoms. The second kappa shape index (κ2) is 4.95. The van der Waals surface area contributed by atoms with Crippen LogP contribution >= 0.6 is 0 Å². The molecule has 0 heterocycles. The first kappa shape index (κ1) is 11.0. The third-order valence-electron chi connectivity index (χ3n) is 2.13. The van der Waals surface area contributed by atoms with Gasteiger partial charge < -0.3 is 21.3 Å². The van der Waals surface area contributed by atoms with Gasteiger partial charge in [0.05, 0.1) is 13.7 Å². The lowest BCUT2D eigenvalue weighted by atomic mass is 10.0. The van der Waals surface area contributed by atoms with Crippen LogP contribution in [0, 0.1) is 0 Å². The van der Waals surface area contributed by atoms with Crippen molar-refractivity contribution in [2.75, 3.05) is 13.7 Å². The summed E-state index contributed by atoms with van der Waals surface area (Å²) in [4.78, 5) is 0. The Morgan fingerprint density at radius 3 is 2.71 bits per heavy atom. The Morgan fingerprint density at radius 1 is 1.50 bits per heavy atom. The van der Waals surface area contributed by atoms with Gasteiger partial charge in [0.15, 0.2) is 0 Å². The van der Waals surface area contributed by atoms with Crippen molar-refractivity contribution in [3.05, 3.63) is 29.3 Å². The maximum atomic E-state index is 8.97. The van der Waals surface area contributed by atoms with E-state index in [0.717, 1.165) is 11.1 Å². The summed E-state index contributed by atoms with van der Waals surface area (Å²) in [6.07, 6.45) is 0. The van der Waals surface area contributed by atoms with E-state index in [2.05, 4.69) is 0 Å². The van der Waals surface area contributed by atoms with Crippen LogP contribution in [0.2, 0.25) is 0 Å². The Bertz CT molecular complexity index is 302. The van der Waals surface area contributed by atoms with Crippen LogP contribution in [-0.4, -0.2) is 18.8 Å². The van der Waals surface area contributed by atoms with Crippen molar-refractivity contribution in [3.8, 4) is 5.75 Å². The van der Waals surface area contributed by atoms with Crippen LogP contribution in [0.15, 0.2) is 18.2 Å². The Labute approximate surface area is 83.5 Å². The molecule has 0 spiro atoms. The van der Waals surface area contributed by atoms with Gasteiger partial charge in [-0.2, -0.15) is 0 Å². The summed E-state index contributed by atoms with van der Waals surface area (Å²) < 4.78 is 5.15. The molecule has 0 fully saturated rings. The van der Waals surface area contributed by atoms with E-state index in [1.54, 1.807) is 19.2 Å². The summed E-state index contributed by atoms with van der Waals surface area (Å²) in [6, 6.07) is 5.15. The molecule has 0 saturated carbocycles. The van der Waals surface area contributed by atoms with Gasteiger partial charge in [0, 0.05) is 18.2 Å². The van der Waals surface area contributed by atoms with Crippen molar-refractivity contribution >= 4 is 0 Å². The first-order valence-electron chi connectivity index (χ1n) is 4.46. The number of aliphatic hydroxyl groups excluding tert-OH is 1. The summed E-state index contributed by atoms with van der Waals surface area (Å²) in [5.74, 6) is 0.708. The number of aliphatic hydroxyl groups is 1. The molecule has 1 aromatic rings. The van der Waals surface area contributed by atoms with E-state index >= 15 is 0 Å². The highest BCUT2D eigenvalue weighted by Gasteiger charge is 2.10. The smallest absolute Gasteiger partial charge is 0.123 e. The maximum absolute atomic E-state index is 8.97. The van der Waals surface area contributed by atoms with E-state index in [4.69, 9.17) is 21.3 Å². The van der Waals surface area contributed by atoms with Crippen molar-refractivity contribution in [3.63, 3.8) is 0 Å². The number of benzene rings is 1. The van der Waals surface area contributed by atoms with Crippen LogP contribution < -0.4 is 16.2 Å². The second-order valence-electron chi connectivity index (χ2n) is 3.08. The molecule has 0 aromatic heterocycles. The SMILES string of the molecule is COc1ccc(CO)cc1[C@@H](N)CN. The summed E-state index contributed by atoms with van der Waals surface area (Å²) in [5, 5.41) is 8.97. The fourth-order valence-corrected chi connectivity index (χ4v) is 1.30. The molecule has 1 aromatic carbocycles. The average molecular weight is 196 g/mol. The Kier molecular flexibility index (Phi) is 3.88. The largest absolute Gasteiger partial charge is 0.496 e. The number of methoxy groups -OCH3 is 1. The van der Waals surface area contributed by atoms with Gasteiger partial charge in [-0.3, -0.25) is 0 Å². The monoisotopic (exact) mass is 196 g/mol. The van der Waals surface area contributed by atoms with Gasteiger partial charge in [0.2, 0.25) is 0 Å². The highest BCUT2D eigenvalue weighted by molar-refractivity contribution is 5.39. The minimum atomic E-state index is -0.253. The molecular weight excluding hydrogens is 180 g/mol. The van der Waals surface area contributed by atoms with Crippen LogP contribution in [0.3, 0.4) is 0 Å². The van der Waals surface area contributed by atoms with Gasteiger partial charge in [-0.15, -0.1) is 0 Å². The highest BCUT2D eigenvalue weighted by atomic mass is 16.5. The van der Waals surface area contributed by atoms with Gasteiger partial charge in [-0.1, -0.05) is 6.07 Å². The molecule has 0 aliphatic heterocycles. The van der Waals surface area contributed by atoms with Crippen molar-refractivity contribution < 1.29 is 9.84 Å². The van der Waals surface area contributed by atoms with E-state index in [0.29, 0.717) is 12.3 Å². The zero-order chi connectivity index (χ0) is 10.6. The summed E-state index contributed by atoms with van der Waals surface area (Å²) in [7, 11) is 1.58. The van der Waals surface area contributed by atoms with Crippen molar-refractivity contribution in [1.29, 1.82) is 0 Å². The average Bonchev–Trinajstić information content (AvgIpc) is 2.27. The number of ether oxygens (including phenoxy) is 1. The predicted molar refractivity (Wildman–Crippen MR) is 54.9 cm³/mol. The van der Waals surface area contributed by atoms with E-state index in [-0.39, 0.29) is 12.6 Å². The minimum Gasteiger partial charge on any atom is -0.496 e. The first-order chi connectivity index (χ1) is 6.72. The van der Waals surface area contributed by atoms with E-state index in [9.17, 15) is 0 Å². The molecule has 1 atom stereocenters. The lowest BCUT2D eigenvalue weighted by molar-refractivity contribution is 0.281. The first-order valence-corrected chi connectivity index (χ1v) is 4.46. The Hall–Kier alpha value is -1.10. The van der Waals surface area contributed by atoms with Crippen molar-refractivity contribution in [1.82, 2.24) is 0 Å². The summed E-state index contributed by atoms with van der Waals surface area (Å²) in [6.45, 7) is 0.347. The highest BCUT2D eigenvalue weighted by Crippen LogP contribution is 2.24. The van der Waals surface area contributed by atoms with Gasteiger partial charge in [-0.05, 0) is 17.7 Å². The molecule has 78 valence electrons. The van der Waals surface area contributed by atoms with Gasteiger partial charge >= 0.3 is 0 Å². The normalized spacial score (nSPS) is 12.6. The predicted octanol–water partition coefficient (Wildman–Crippen LogP) is 0.146. The molecule has 4 nitrogen and oxygen atoms in total. The van der Waals surface area contributed by atoms with E-state index in [1.165, 1.54) is 0 Å². The number of hydrogen-bond donors (Lipinski definition) is 3. The number of nitrogens with two attached hydrogens (primary N) is 2. The molecule has 0 unspecified atom stereocenters. The van der Waals surface area contributed by atoms with Gasteiger partial charge in [-0.25, -0.2) is 0 Å². The van der Waals surface area contributed by atoms with E-state index < -0.39 is 0 Å². The van der Waals surface area contributed by atoms with Gasteiger partial charge in [0.1, 0.15) is 5.75 Å². The molecule has 0 bridgehead atoms. The third kappa shape index (κ3) is 2.23. The van der Waals surface area contributed by atoms with Crippen LogP contribution in [-0.2, 0) is 6.61 Å². The van der Waals surface area contributed by atoms with Crippen LogP contribution in [0.5, 0.6) is 5.75 Å². The summed E-state index contributed by atoms with van der Waals surface area (Å²) >= 11 is 0. The molecule has 0 aliphatic rings. The van der Waals surface area contributed by atoms with Crippen molar-refractivity contribution in [2.24, 2.45) is 11.5 Å². The standard InChI is InChI=1S/C10H16N2O2/c1-14-10-3-2-7(6-13)4-8(10)9(12)5-11/h2-4,9,13H,5-6,11-12H2,1H3/t9-/m0/s1.